The second-order valence-electron chi connectivity index (χ2n) is 12.2. The average molecular weight is 653 g/mol. The number of alkyl carbamates (subject to hydrolysis) is 1. The SMILES string of the molecule is CN(C(=O)c1cnc(N2C[C@H](NC(=O)OC(C)(C)C)[C@@H](c3cc(F)c(F)cc3F)C2)nc1)C1CCN(c2nc(C(F)F)no2)CC1. The molecule has 2 aliphatic rings. The Morgan fingerprint density at radius 3 is 2.28 bits per heavy atom. The number of nitrogens with zero attached hydrogens (tertiary/aromatic N) is 7. The number of piperidine rings is 1. The molecule has 0 aliphatic carbocycles. The quantitative estimate of drug-likeness (QED) is 0.289. The van der Waals surface area contributed by atoms with Gasteiger partial charge in [0.15, 0.2) is 11.6 Å². The van der Waals surface area contributed by atoms with Crippen molar-refractivity contribution in [2.24, 2.45) is 0 Å². The van der Waals surface area contributed by atoms with Crippen molar-refractivity contribution in [1.29, 1.82) is 0 Å². The molecule has 0 saturated carbocycles. The van der Waals surface area contributed by atoms with Crippen LogP contribution in [0.15, 0.2) is 29.0 Å². The lowest BCUT2D eigenvalue weighted by atomic mass is 9.93. The zero-order chi connectivity index (χ0) is 33.3. The topological polar surface area (TPSA) is 130 Å². The maximum absolute atomic E-state index is 14.8. The molecule has 17 heteroatoms. The Hall–Kier alpha value is -4.57. The Balaban J connectivity index is 1.25. The molecule has 4 heterocycles. The molecule has 2 aliphatic heterocycles. The number of amides is 2. The van der Waals surface area contributed by atoms with Crippen molar-refractivity contribution in [1.82, 2.24) is 30.3 Å². The van der Waals surface area contributed by atoms with Crippen LogP contribution in [0.1, 0.15) is 67.7 Å². The van der Waals surface area contributed by atoms with E-state index in [4.69, 9.17) is 9.26 Å². The fourth-order valence-electron chi connectivity index (χ4n) is 5.56. The molecule has 248 valence electrons. The molecule has 2 atom stereocenters. The number of anilines is 2. The number of ether oxygens (including phenoxy) is 1. The highest BCUT2D eigenvalue weighted by atomic mass is 19.3. The maximum atomic E-state index is 14.8. The van der Waals surface area contributed by atoms with Gasteiger partial charge in [0.25, 0.3) is 5.91 Å². The molecule has 0 bridgehead atoms. The van der Waals surface area contributed by atoms with Crippen molar-refractivity contribution in [3.05, 3.63) is 58.9 Å². The van der Waals surface area contributed by atoms with Crippen LogP contribution in [0.2, 0.25) is 0 Å². The molecule has 1 N–H and O–H groups in total. The van der Waals surface area contributed by atoms with E-state index >= 15 is 0 Å². The van der Waals surface area contributed by atoms with Crippen LogP contribution < -0.4 is 15.1 Å². The summed E-state index contributed by atoms with van der Waals surface area (Å²) in [5, 5.41) is 5.97. The van der Waals surface area contributed by atoms with Crippen molar-refractivity contribution in [2.75, 3.05) is 43.0 Å². The van der Waals surface area contributed by atoms with E-state index in [1.165, 1.54) is 12.4 Å². The molecule has 3 aromatic rings. The zero-order valence-corrected chi connectivity index (χ0v) is 25.5. The summed E-state index contributed by atoms with van der Waals surface area (Å²) in [7, 11) is 1.65. The zero-order valence-electron chi connectivity index (χ0n) is 25.5. The summed E-state index contributed by atoms with van der Waals surface area (Å²) < 4.78 is 78.5. The molecule has 2 aromatic heterocycles. The number of carbonyl (C=O) groups is 2. The number of rotatable bonds is 7. The third kappa shape index (κ3) is 7.28. The Morgan fingerprint density at radius 2 is 1.67 bits per heavy atom. The van der Waals surface area contributed by atoms with Gasteiger partial charge in [0.2, 0.25) is 11.8 Å². The molecule has 0 radical (unpaired) electrons. The van der Waals surface area contributed by atoms with Gasteiger partial charge in [-0.1, -0.05) is 5.16 Å². The minimum absolute atomic E-state index is 0.00621. The molecule has 2 saturated heterocycles. The summed E-state index contributed by atoms with van der Waals surface area (Å²) >= 11 is 0. The van der Waals surface area contributed by atoms with Crippen LogP contribution in [-0.4, -0.2) is 87.9 Å². The third-order valence-electron chi connectivity index (χ3n) is 7.86. The number of carbonyl (C=O) groups excluding carboxylic acids is 2. The number of aromatic nitrogens is 4. The van der Waals surface area contributed by atoms with E-state index in [0.29, 0.717) is 32.0 Å². The number of hydrogen-bond acceptors (Lipinski definition) is 10. The van der Waals surface area contributed by atoms with Gasteiger partial charge in [0, 0.05) is 63.6 Å². The van der Waals surface area contributed by atoms with E-state index in [0.717, 1.165) is 6.07 Å². The number of alkyl halides is 2. The van der Waals surface area contributed by atoms with Crippen LogP contribution in [0.5, 0.6) is 0 Å². The smallest absolute Gasteiger partial charge is 0.407 e. The highest BCUT2D eigenvalue weighted by Gasteiger charge is 2.39. The summed E-state index contributed by atoms with van der Waals surface area (Å²) in [6.45, 7) is 6.01. The standard InChI is InChI=1S/C29H33F5N8O4/c1-29(2,3)45-28(44)37-22-14-42(13-18(22)17-9-20(31)21(32)10-19(17)30)26-35-11-15(12-36-26)25(43)40(4)16-5-7-41(8-6-16)27-38-24(23(33)34)39-46-27/h9-12,16,18,22-23H,5-8,13-14H2,1-4H3,(H,37,44)/t18-,22+/m1/s1. The summed E-state index contributed by atoms with van der Waals surface area (Å²) in [6.07, 6.45) is 0.144. The molecule has 1 aromatic carbocycles. The summed E-state index contributed by atoms with van der Waals surface area (Å²) in [4.78, 5) is 43.1. The molecule has 46 heavy (non-hydrogen) atoms. The molecule has 2 amide bonds. The van der Waals surface area contributed by atoms with Gasteiger partial charge in [-0.25, -0.2) is 36.7 Å². The maximum Gasteiger partial charge on any atom is 0.407 e. The summed E-state index contributed by atoms with van der Waals surface area (Å²) in [5.41, 5.74) is -0.733. The van der Waals surface area contributed by atoms with Gasteiger partial charge in [-0.05, 0) is 45.2 Å². The highest BCUT2D eigenvalue weighted by Crippen LogP contribution is 2.33. The van der Waals surface area contributed by atoms with Crippen LogP contribution >= 0.6 is 0 Å². The summed E-state index contributed by atoms with van der Waals surface area (Å²) in [6, 6.07) is 0.306. The van der Waals surface area contributed by atoms with E-state index in [2.05, 4.69) is 25.4 Å². The molecular weight excluding hydrogens is 619 g/mol. The van der Waals surface area contributed by atoms with E-state index in [1.807, 2.05) is 0 Å². The number of halogens is 5. The molecule has 0 unspecified atom stereocenters. The van der Waals surface area contributed by atoms with Crippen LogP contribution in [-0.2, 0) is 4.74 Å². The van der Waals surface area contributed by atoms with E-state index in [1.54, 1.807) is 42.5 Å². The molecule has 5 rings (SSSR count). The van der Waals surface area contributed by atoms with Gasteiger partial charge < -0.3 is 29.3 Å². The molecule has 2 fully saturated rings. The first-order valence-corrected chi connectivity index (χ1v) is 14.5. The van der Waals surface area contributed by atoms with Crippen molar-refractivity contribution in [3.63, 3.8) is 0 Å². The fraction of sp³-hybridized carbons (Fsp3) is 0.517. The Labute approximate surface area is 260 Å². The Morgan fingerprint density at radius 1 is 1.02 bits per heavy atom. The van der Waals surface area contributed by atoms with Crippen molar-refractivity contribution >= 4 is 24.0 Å². The minimum atomic E-state index is -2.84. The number of nitrogens with one attached hydrogen (secondary N) is 1. The first-order chi connectivity index (χ1) is 21.7. The van der Waals surface area contributed by atoms with E-state index in [-0.39, 0.29) is 48.1 Å². The van der Waals surface area contributed by atoms with Gasteiger partial charge in [0.05, 0.1) is 11.6 Å². The summed E-state index contributed by atoms with van der Waals surface area (Å²) in [5.74, 6) is -5.17. The van der Waals surface area contributed by atoms with Gasteiger partial charge in [-0.15, -0.1) is 0 Å². The van der Waals surface area contributed by atoms with Gasteiger partial charge in [-0.3, -0.25) is 4.79 Å². The molecule has 12 nitrogen and oxygen atoms in total. The predicted octanol–water partition coefficient (Wildman–Crippen LogP) is 4.45. The second-order valence-corrected chi connectivity index (χ2v) is 12.2. The first-order valence-electron chi connectivity index (χ1n) is 14.5. The molecular formula is C29H33F5N8O4. The Bertz CT molecular complexity index is 1560. The minimum Gasteiger partial charge on any atom is -0.444 e. The van der Waals surface area contributed by atoms with Crippen LogP contribution in [0.3, 0.4) is 0 Å². The third-order valence-corrected chi connectivity index (χ3v) is 7.86. The van der Waals surface area contributed by atoms with Crippen LogP contribution in [0.25, 0.3) is 0 Å². The molecule has 0 spiro atoms. The van der Waals surface area contributed by atoms with Gasteiger partial charge in [0.1, 0.15) is 11.4 Å². The first kappa shape index (κ1) is 32.8. The van der Waals surface area contributed by atoms with Gasteiger partial charge >= 0.3 is 18.5 Å². The normalized spacial score (nSPS) is 19.1. The van der Waals surface area contributed by atoms with Crippen molar-refractivity contribution in [3.8, 4) is 0 Å². The van der Waals surface area contributed by atoms with E-state index in [9.17, 15) is 31.5 Å². The monoisotopic (exact) mass is 652 g/mol. The Kier molecular flexibility index (Phi) is 9.30. The lowest BCUT2D eigenvalue weighted by Gasteiger charge is -2.35. The predicted molar refractivity (Wildman–Crippen MR) is 153 cm³/mol. The fourth-order valence-corrected chi connectivity index (χ4v) is 5.56. The highest BCUT2D eigenvalue weighted by molar-refractivity contribution is 5.93. The van der Waals surface area contributed by atoms with E-state index < -0.39 is 53.4 Å². The van der Waals surface area contributed by atoms with Gasteiger partial charge in [-0.2, -0.15) is 4.98 Å². The lowest BCUT2D eigenvalue weighted by Crippen LogP contribution is -2.45. The number of benzene rings is 1. The average Bonchev–Trinajstić information content (AvgIpc) is 3.66. The van der Waals surface area contributed by atoms with Crippen LogP contribution in [0, 0.1) is 17.5 Å². The van der Waals surface area contributed by atoms with Crippen molar-refractivity contribution < 1.29 is 40.8 Å². The largest absolute Gasteiger partial charge is 0.444 e. The van der Waals surface area contributed by atoms with Crippen LogP contribution in [0.4, 0.5) is 38.7 Å². The number of hydrogen-bond donors (Lipinski definition) is 1. The second kappa shape index (κ2) is 13.0. The van der Waals surface area contributed by atoms with Crippen molar-refractivity contribution in [2.45, 2.75) is 63.6 Å². The lowest BCUT2D eigenvalue weighted by molar-refractivity contribution is 0.0504.